The average Bonchev–Trinajstić information content (AvgIpc) is 2.39. The minimum absolute atomic E-state index is 0.198. The molecule has 0 aliphatic rings. The van der Waals surface area contributed by atoms with Crippen LogP contribution in [0.3, 0.4) is 0 Å². The SMILES string of the molecule is COCCCN(CC(=O)Nc1ccccc1C)S(C)(=O)=O. The van der Waals surface area contributed by atoms with Gasteiger partial charge in [-0.3, -0.25) is 4.79 Å². The van der Waals surface area contributed by atoms with Crippen molar-refractivity contribution in [3.05, 3.63) is 29.8 Å². The van der Waals surface area contributed by atoms with E-state index in [0.29, 0.717) is 18.7 Å². The summed E-state index contributed by atoms with van der Waals surface area (Å²) < 4.78 is 29.4. The van der Waals surface area contributed by atoms with Crippen LogP contribution in [-0.2, 0) is 19.6 Å². The summed E-state index contributed by atoms with van der Waals surface area (Å²) in [6.45, 7) is 2.39. The molecule has 0 aromatic heterocycles. The Morgan fingerprint density at radius 3 is 2.57 bits per heavy atom. The average molecular weight is 314 g/mol. The van der Waals surface area contributed by atoms with Crippen molar-refractivity contribution in [2.45, 2.75) is 13.3 Å². The van der Waals surface area contributed by atoms with Crippen LogP contribution >= 0.6 is 0 Å². The van der Waals surface area contributed by atoms with E-state index in [0.717, 1.165) is 16.1 Å². The van der Waals surface area contributed by atoms with Gasteiger partial charge in [-0.1, -0.05) is 18.2 Å². The number of anilines is 1. The van der Waals surface area contributed by atoms with E-state index in [1.54, 1.807) is 13.2 Å². The Morgan fingerprint density at radius 2 is 2.00 bits per heavy atom. The third-order valence-corrected chi connectivity index (χ3v) is 4.21. The smallest absolute Gasteiger partial charge is 0.239 e. The largest absolute Gasteiger partial charge is 0.385 e. The van der Waals surface area contributed by atoms with Crippen LogP contribution in [-0.4, -0.2) is 51.7 Å². The molecular weight excluding hydrogens is 292 g/mol. The van der Waals surface area contributed by atoms with Gasteiger partial charge >= 0.3 is 0 Å². The normalized spacial score (nSPS) is 11.6. The van der Waals surface area contributed by atoms with E-state index in [-0.39, 0.29) is 19.0 Å². The Kier molecular flexibility index (Phi) is 6.80. The number of carbonyl (C=O) groups is 1. The van der Waals surface area contributed by atoms with Crippen molar-refractivity contribution < 1.29 is 17.9 Å². The first-order valence-electron chi connectivity index (χ1n) is 6.64. The molecule has 1 aromatic rings. The zero-order chi connectivity index (χ0) is 15.9. The maximum Gasteiger partial charge on any atom is 0.239 e. The number of nitrogens with zero attached hydrogens (tertiary/aromatic N) is 1. The van der Waals surface area contributed by atoms with Gasteiger partial charge < -0.3 is 10.1 Å². The molecule has 21 heavy (non-hydrogen) atoms. The number of rotatable bonds is 8. The van der Waals surface area contributed by atoms with Crippen LogP contribution in [0.15, 0.2) is 24.3 Å². The van der Waals surface area contributed by atoms with Crippen molar-refractivity contribution >= 4 is 21.6 Å². The Bertz CT molecular complexity index is 572. The first-order valence-corrected chi connectivity index (χ1v) is 8.49. The molecule has 0 aliphatic carbocycles. The van der Waals surface area contributed by atoms with Crippen LogP contribution in [0.1, 0.15) is 12.0 Å². The summed E-state index contributed by atoms with van der Waals surface area (Å²) in [6.07, 6.45) is 1.64. The minimum Gasteiger partial charge on any atom is -0.385 e. The van der Waals surface area contributed by atoms with E-state index >= 15 is 0 Å². The maximum atomic E-state index is 12.0. The molecule has 1 aromatic carbocycles. The van der Waals surface area contributed by atoms with Crippen molar-refractivity contribution in [3.8, 4) is 0 Å². The predicted molar refractivity (Wildman–Crippen MR) is 82.7 cm³/mol. The molecule has 0 unspecified atom stereocenters. The number of sulfonamides is 1. The Labute approximate surface area is 126 Å². The number of carbonyl (C=O) groups excluding carboxylic acids is 1. The van der Waals surface area contributed by atoms with E-state index in [9.17, 15) is 13.2 Å². The summed E-state index contributed by atoms with van der Waals surface area (Å²) in [7, 11) is -1.87. The molecule has 0 aliphatic heterocycles. The second kappa shape index (κ2) is 8.11. The molecule has 1 N–H and O–H groups in total. The molecule has 6 nitrogen and oxygen atoms in total. The highest BCUT2D eigenvalue weighted by Crippen LogP contribution is 2.13. The summed E-state index contributed by atoms with van der Waals surface area (Å²) in [5.41, 5.74) is 1.61. The van der Waals surface area contributed by atoms with Gasteiger partial charge in [0.05, 0.1) is 12.8 Å². The lowest BCUT2D eigenvalue weighted by molar-refractivity contribution is -0.116. The van der Waals surface area contributed by atoms with Crippen molar-refractivity contribution in [3.63, 3.8) is 0 Å². The predicted octanol–water partition coefficient (Wildman–Crippen LogP) is 1.23. The van der Waals surface area contributed by atoms with Gasteiger partial charge in [-0.05, 0) is 25.0 Å². The first kappa shape index (κ1) is 17.6. The summed E-state index contributed by atoms with van der Waals surface area (Å²) >= 11 is 0. The van der Waals surface area contributed by atoms with Gasteiger partial charge in [0, 0.05) is 25.9 Å². The lowest BCUT2D eigenvalue weighted by Gasteiger charge is -2.19. The van der Waals surface area contributed by atoms with Gasteiger partial charge in [0.25, 0.3) is 0 Å². The van der Waals surface area contributed by atoms with Crippen LogP contribution in [0.4, 0.5) is 5.69 Å². The molecule has 0 saturated carbocycles. The molecule has 0 bridgehead atoms. The zero-order valence-corrected chi connectivity index (χ0v) is 13.4. The highest BCUT2D eigenvalue weighted by molar-refractivity contribution is 7.88. The number of benzene rings is 1. The Balaban J connectivity index is 2.66. The van der Waals surface area contributed by atoms with Crippen LogP contribution in [0.25, 0.3) is 0 Å². The quantitative estimate of drug-likeness (QED) is 0.732. The van der Waals surface area contributed by atoms with Crippen molar-refractivity contribution in [2.75, 3.05) is 38.4 Å². The fourth-order valence-electron chi connectivity index (χ4n) is 1.81. The van der Waals surface area contributed by atoms with E-state index in [1.165, 1.54) is 0 Å². The summed E-state index contributed by atoms with van der Waals surface area (Å²) in [5.74, 6) is -0.354. The lowest BCUT2D eigenvalue weighted by atomic mass is 10.2. The monoisotopic (exact) mass is 314 g/mol. The van der Waals surface area contributed by atoms with Crippen molar-refractivity contribution in [2.24, 2.45) is 0 Å². The van der Waals surface area contributed by atoms with Crippen LogP contribution < -0.4 is 5.32 Å². The number of para-hydroxylation sites is 1. The van der Waals surface area contributed by atoms with E-state index in [4.69, 9.17) is 4.74 Å². The molecule has 0 spiro atoms. The Morgan fingerprint density at radius 1 is 1.33 bits per heavy atom. The number of hydrogen-bond acceptors (Lipinski definition) is 4. The van der Waals surface area contributed by atoms with Gasteiger partial charge in [0.15, 0.2) is 0 Å². The highest BCUT2D eigenvalue weighted by atomic mass is 32.2. The Hall–Kier alpha value is -1.44. The highest BCUT2D eigenvalue weighted by Gasteiger charge is 2.19. The second-order valence-electron chi connectivity index (χ2n) is 4.81. The van der Waals surface area contributed by atoms with Crippen LogP contribution in [0.2, 0.25) is 0 Å². The third kappa shape index (κ3) is 6.24. The van der Waals surface area contributed by atoms with Crippen molar-refractivity contribution in [1.82, 2.24) is 4.31 Å². The summed E-state index contributed by atoms with van der Waals surface area (Å²) in [6, 6.07) is 7.35. The number of aryl methyl sites for hydroxylation is 1. The maximum absolute atomic E-state index is 12.0. The van der Waals surface area contributed by atoms with E-state index < -0.39 is 10.0 Å². The molecule has 0 saturated heterocycles. The number of ether oxygens (including phenoxy) is 1. The van der Waals surface area contributed by atoms with Gasteiger partial charge in [0.2, 0.25) is 15.9 Å². The van der Waals surface area contributed by atoms with E-state index in [2.05, 4.69) is 5.32 Å². The second-order valence-corrected chi connectivity index (χ2v) is 6.79. The van der Waals surface area contributed by atoms with Gasteiger partial charge in [-0.25, -0.2) is 8.42 Å². The van der Waals surface area contributed by atoms with Crippen LogP contribution in [0, 0.1) is 6.92 Å². The fraction of sp³-hybridized carbons (Fsp3) is 0.500. The van der Waals surface area contributed by atoms with Crippen LogP contribution in [0.5, 0.6) is 0 Å². The molecule has 0 radical (unpaired) electrons. The molecule has 0 fully saturated rings. The number of hydrogen-bond donors (Lipinski definition) is 1. The lowest BCUT2D eigenvalue weighted by Crippen LogP contribution is -2.38. The molecule has 1 amide bonds. The topological polar surface area (TPSA) is 75.7 Å². The molecule has 118 valence electrons. The zero-order valence-electron chi connectivity index (χ0n) is 12.6. The fourth-order valence-corrected chi connectivity index (χ4v) is 2.62. The molecule has 0 atom stereocenters. The summed E-state index contributed by atoms with van der Waals surface area (Å²) in [4.78, 5) is 12.0. The van der Waals surface area contributed by atoms with E-state index in [1.807, 2.05) is 25.1 Å². The van der Waals surface area contributed by atoms with Gasteiger partial charge in [-0.15, -0.1) is 0 Å². The standard InChI is InChI=1S/C14H22N2O4S/c1-12-7-4-5-8-13(12)15-14(17)11-16(21(3,18)19)9-6-10-20-2/h4-5,7-8H,6,9-11H2,1-3H3,(H,15,17). The van der Waals surface area contributed by atoms with Gasteiger partial charge in [0.1, 0.15) is 0 Å². The first-order chi connectivity index (χ1) is 9.84. The number of nitrogens with one attached hydrogen (secondary N) is 1. The number of methoxy groups -OCH3 is 1. The van der Waals surface area contributed by atoms with Gasteiger partial charge in [-0.2, -0.15) is 4.31 Å². The third-order valence-electron chi connectivity index (χ3n) is 2.96. The molecule has 1 rings (SSSR count). The summed E-state index contributed by atoms with van der Waals surface area (Å²) in [5, 5.41) is 2.73. The minimum atomic E-state index is -3.43. The molecular formula is C14H22N2O4S. The number of amides is 1. The molecule has 0 heterocycles. The van der Waals surface area contributed by atoms with Crippen molar-refractivity contribution in [1.29, 1.82) is 0 Å². The molecule has 7 heteroatoms.